The summed E-state index contributed by atoms with van der Waals surface area (Å²) in [5.74, 6) is 0. The Balaban J connectivity index is 1.77. The van der Waals surface area contributed by atoms with Gasteiger partial charge in [0, 0.05) is 44.1 Å². The van der Waals surface area contributed by atoms with Crippen LogP contribution in [0, 0.1) is 0 Å². The lowest BCUT2D eigenvalue weighted by atomic mass is 10.2. The molecular formula is C13H22N4O2S. The van der Waals surface area contributed by atoms with Crippen molar-refractivity contribution in [2.75, 3.05) is 33.2 Å². The van der Waals surface area contributed by atoms with Crippen molar-refractivity contribution < 1.29 is 8.42 Å². The summed E-state index contributed by atoms with van der Waals surface area (Å²) < 4.78 is 27.0. The van der Waals surface area contributed by atoms with Gasteiger partial charge < -0.3 is 10.3 Å². The van der Waals surface area contributed by atoms with Crippen LogP contribution >= 0.6 is 0 Å². The molecule has 1 aromatic heterocycles. The molecule has 1 unspecified atom stereocenters. The minimum atomic E-state index is -3.35. The van der Waals surface area contributed by atoms with Crippen LogP contribution in [0.4, 0.5) is 0 Å². The first kappa shape index (κ1) is 14.1. The zero-order valence-electron chi connectivity index (χ0n) is 11.8. The second kappa shape index (κ2) is 5.48. The van der Waals surface area contributed by atoms with Crippen LogP contribution in [0.2, 0.25) is 0 Å². The highest BCUT2D eigenvalue weighted by Crippen LogP contribution is 2.26. The summed E-state index contributed by atoms with van der Waals surface area (Å²) >= 11 is 0. The van der Waals surface area contributed by atoms with Crippen LogP contribution in [0.1, 0.15) is 18.5 Å². The Morgan fingerprint density at radius 3 is 3.05 bits per heavy atom. The molecule has 2 saturated heterocycles. The fourth-order valence-corrected chi connectivity index (χ4v) is 4.68. The molecule has 20 heavy (non-hydrogen) atoms. The number of aromatic nitrogens is 1. The number of hydrogen-bond acceptors (Lipinski definition) is 4. The molecule has 3 heterocycles. The van der Waals surface area contributed by atoms with Gasteiger partial charge in [-0.3, -0.25) is 4.90 Å². The zero-order chi connectivity index (χ0) is 14.2. The molecule has 0 saturated carbocycles. The molecule has 0 spiro atoms. The number of piperazine rings is 1. The van der Waals surface area contributed by atoms with Crippen LogP contribution in [0.25, 0.3) is 0 Å². The second-order valence-corrected chi connectivity index (χ2v) is 7.52. The van der Waals surface area contributed by atoms with E-state index in [1.807, 2.05) is 7.05 Å². The number of hydrogen-bond donors (Lipinski definition) is 2. The number of nitrogens with zero attached hydrogens (tertiary/aromatic N) is 2. The molecule has 0 radical (unpaired) electrons. The number of H-pyrrole nitrogens is 1. The average molecular weight is 298 g/mol. The van der Waals surface area contributed by atoms with Gasteiger partial charge in [0.05, 0.1) is 4.90 Å². The first-order valence-electron chi connectivity index (χ1n) is 7.17. The van der Waals surface area contributed by atoms with Crippen LogP contribution < -0.4 is 5.32 Å². The molecule has 112 valence electrons. The number of rotatable bonds is 4. The molecule has 0 amide bonds. The Bertz CT molecular complexity index is 569. The molecule has 0 aromatic carbocycles. The lowest BCUT2D eigenvalue weighted by molar-refractivity contribution is 0.158. The van der Waals surface area contributed by atoms with Gasteiger partial charge >= 0.3 is 0 Å². The molecule has 7 heteroatoms. The first-order valence-corrected chi connectivity index (χ1v) is 8.61. The molecular weight excluding hydrogens is 276 g/mol. The van der Waals surface area contributed by atoms with E-state index in [2.05, 4.69) is 15.2 Å². The van der Waals surface area contributed by atoms with E-state index in [1.54, 1.807) is 16.6 Å². The lowest BCUT2D eigenvalue weighted by Crippen LogP contribution is -2.51. The SMILES string of the molecule is CNCc1cc(S(=O)(=O)N2CCN3CCCC3C2)c[nH]1. The van der Waals surface area contributed by atoms with Crippen LogP contribution in [0.3, 0.4) is 0 Å². The summed E-state index contributed by atoms with van der Waals surface area (Å²) in [7, 11) is -1.51. The van der Waals surface area contributed by atoms with Gasteiger partial charge in [0.2, 0.25) is 10.0 Å². The largest absolute Gasteiger partial charge is 0.363 e. The van der Waals surface area contributed by atoms with Gasteiger partial charge in [-0.15, -0.1) is 0 Å². The van der Waals surface area contributed by atoms with Gasteiger partial charge in [-0.2, -0.15) is 4.31 Å². The molecule has 0 aliphatic carbocycles. The summed E-state index contributed by atoms with van der Waals surface area (Å²) in [6, 6.07) is 2.14. The monoisotopic (exact) mass is 298 g/mol. The Hall–Kier alpha value is -0.890. The Labute approximate surface area is 120 Å². The van der Waals surface area contributed by atoms with Crippen molar-refractivity contribution in [2.45, 2.75) is 30.3 Å². The van der Waals surface area contributed by atoms with Gasteiger partial charge in [-0.1, -0.05) is 0 Å². The first-order chi connectivity index (χ1) is 9.61. The quantitative estimate of drug-likeness (QED) is 0.833. The molecule has 3 rings (SSSR count). The highest BCUT2D eigenvalue weighted by atomic mass is 32.2. The molecule has 6 nitrogen and oxygen atoms in total. The van der Waals surface area contributed by atoms with Crippen LogP contribution in [0.5, 0.6) is 0 Å². The van der Waals surface area contributed by atoms with Crippen LogP contribution in [-0.2, 0) is 16.6 Å². The predicted octanol–water partition coefficient (Wildman–Crippen LogP) is 0.203. The zero-order valence-corrected chi connectivity index (χ0v) is 12.6. The van der Waals surface area contributed by atoms with E-state index in [4.69, 9.17) is 0 Å². The fourth-order valence-electron chi connectivity index (χ4n) is 3.19. The van der Waals surface area contributed by atoms with Gasteiger partial charge in [-0.25, -0.2) is 8.42 Å². The fraction of sp³-hybridized carbons (Fsp3) is 0.692. The molecule has 1 atom stereocenters. The maximum atomic E-state index is 12.7. The molecule has 2 fully saturated rings. The molecule has 0 bridgehead atoms. The van der Waals surface area contributed by atoms with E-state index >= 15 is 0 Å². The van der Waals surface area contributed by atoms with Crippen molar-refractivity contribution in [3.63, 3.8) is 0 Å². The normalized spacial score (nSPS) is 24.9. The van der Waals surface area contributed by atoms with Crippen molar-refractivity contribution in [2.24, 2.45) is 0 Å². The molecule has 2 aliphatic rings. The standard InChI is InChI=1S/C13H22N4O2S/c1-14-8-11-7-13(9-15-11)20(18,19)17-6-5-16-4-2-3-12(16)10-17/h7,9,12,14-15H,2-6,8,10H2,1H3. The molecule has 2 aliphatic heterocycles. The summed E-state index contributed by atoms with van der Waals surface area (Å²) in [5, 5.41) is 3.01. The lowest BCUT2D eigenvalue weighted by Gasteiger charge is -2.36. The Kier molecular flexibility index (Phi) is 3.85. The van der Waals surface area contributed by atoms with E-state index in [0.717, 1.165) is 25.2 Å². The highest BCUT2D eigenvalue weighted by molar-refractivity contribution is 7.89. The smallest absolute Gasteiger partial charge is 0.244 e. The number of sulfonamides is 1. The third-order valence-electron chi connectivity index (χ3n) is 4.27. The van der Waals surface area contributed by atoms with Crippen molar-refractivity contribution in [3.05, 3.63) is 18.0 Å². The van der Waals surface area contributed by atoms with E-state index in [0.29, 0.717) is 30.6 Å². The Morgan fingerprint density at radius 1 is 1.40 bits per heavy atom. The number of aromatic amines is 1. The van der Waals surface area contributed by atoms with Gasteiger partial charge in [-0.05, 0) is 32.5 Å². The maximum absolute atomic E-state index is 12.7. The summed E-state index contributed by atoms with van der Waals surface area (Å²) in [6.45, 7) is 3.86. The number of fused-ring (bicyclic) bond motifs is 1. The van der Waals surface area contributed by atoms with E-state index in [9.17, 15) is 8.42 Å². The van der Waals surface area contributed by atoms with E-state index in [1.165, 1.54) is 6.42 Å². The topological polar surface area (TPSA) is 68.4 Å². The van der Waals surface area contributed by atoms with Crippen LogP contribution in [0.15, 0.2) is 17.2 Å². The van der Waals surface area contributed by atoms with Gasteiger partial charge in [0.25, 0.3) is 0 Å². The van der Waals surface area contributed by atoms with E-state index in [-0.39, 0.29) is 0 Å². The van der Waals surface area contributed by atoms with Crippen molar-refractivity contribution in [1.82, 2.24) is 19.5 Å². The summed E-state index contributed by atoms with van der Waals surface area (Å²) in [5.41, 5.74) is 0.894. The minimum Gasteiger partial charge on any atom is -0.363 e. The third-order valence-corrected chi connectivity index (χ3v) is 6.11. The second-order valence-electron chi connectivity index (χ2n) is 5.59. The third kappa shape index (κ3) is 2.50. The van der Waals surface area contributed by atoms with E-state index < -0.39 is 10.0 Å². The van der Waals surface area contributed by atoms with Gasteiger partial charge in [0.1, 0.15) is 0 Å². The minimum absolute atomic E-state index is 0.384. The van der Waals surface area contributed by atoms with Crippen molar-refractivity contribution in [3.8, 4) is 0 Å². The van der Waals surface area contributed by atoms with Crippen LogP contribution in [-0.4, -0.2) is 61.9 Å². The van der Waals surface area contributed by atoms with Gasteiger partial charge in [0.15, 0.2) is 0 Å². The number of nitrogens with one attached hydrogen (secondary N) is 2. The van der Waals surface area contributed by atoms with Crippen molar-refractivity contribution in [1.29, 1.82) is 0 Å². The predicted molar refractivity (Wildman–Crippen MR) is 76.9 cm³/mol. The van der Waals surface area contributed by atoms with Crippen molar-refractivity contribution >= 4 is 10.0 Å². The molecule has 1 aromatic rings. The summed E-state index contributed by atoms with van der Waals surface area (Å²) in [6.07, 6.45) is 3.90. The maximum Gasteiger partial charge on any atom is 0.244 e. The molecule has 2 N–H and O–H groups in total. The Morgan fingerprint density at radius 2 is 2.25 bits per heavy atom. The average Bonchev–Trinajstić information content (AvgIpc) is 3.06. The summed E-state index contributed by atoms with van der Waals surface area (Å²) in [4.78, 5) is 5.82. The highest BCUT2D eigenvalue weighted by Gasteiger charge is 2.36.